The van der Waals surface area contributed by atoms with E-state index in [1.807, 2.05) is 0 Å². The van der Waals surface area contributed by atoms with Crippen molar-refractivity contribution in [2.24, 2.45) is 17.8 Å². The number of carbonyl (C=O) groups excluding carboxylic acids is 1. The van der Waals surface area contributed by atoms with Crippen LogP contribution in [-0.4, -0.2) is 37.0 Å². The van der Waals surface area contributed by atoms with Crippen LogP contribution in [0.2, 0.25) is 0 Å². The van der Waals surface area contributed by atoms with Gasteiger partial charge in [0.05, 0.1) is 0 Å². The molecule has 15 heavy (non-hydrogen) atoms. The first-order valence-electron chi connectivity index (χ1n) is 6.31. The Morgan fingerprint density at radius 1 is 1.20 bits per heavy atom. The Kier molecular flexibility index (Phi) is 2.43. The number of amides is 1. The molecule has 0 aromatic carbocycles. The van der Waals surface area contributed by atoms with Crippen LogP contribution in [0, 0.1) is 17.8 Å². The summed E-state index contributed by atoms with van der Waals surface area (Å²) in [6, 6.07) is 0. The van der Waals surface area contributed by atoms with Crippen molar-refractivity contribution in [3.05, 3.63) is 0 Å². The molecule has 3 fully saturated rings. The van der Waals surface area contributed by atoms with Gasteiger partial charge in [0.1, 0.15) is 0 Å². The largest absolute Gasteiger partial charge is 0.342 e. The standard InChI is InChI=1S/C12H20N2O/c15-12(4-9-2-1-3-9)14-7-10-5-13-6-11(10)8-14/h9-11,13H,1-8H2. The quantitative estimate of drug-likeness (QED) is 0.730. The summed E-state index contributed by atoms with van der Waals surface area (Å²) < 4.78 is 0. The van der Waals surface area contributed by atoms with Crippen molar-refractivity contribution in [3.63, 3.8) is 0 Å². The number of nitrogens with one attached hydrogen (secondary N) is 1. The number of hydrogen-bond acceptors (Lipinski definition) is 2. The third-order valence-electron chi connectivity index (χ3n) is 4.43. The SMILES string of the molecule is O=C(CC1CCC1)N1CC2CNCC2C1. The lowest BCUT2D eigenvalue weighted by Gasteiger charge is -2.27. The summed E-state index contributed by atoms with van der Waals surface area (Å²) in [5.41, 5.74) is 0. The molecule has 2 unspecified atom stereocenters. The van der Waals surface area contributed by atoms with Gasteiger partial charge in [-0.25, -0.2) is 0 Å². The molecule has 0 aromatic heterocycles. The molecule has 0 bridgehead atoms. The summed E-state index contributed by atoms with van der Waals surface area (Å²) >= 11 is 0. The molecule has 3 aliphatic rings. The van der Waals surface area contributed by atoms with E-state index in [9.17, 15) is 4.79 Å². The topological polar surface area (TPSA) is 32.3 Å². The van der Waals surface area contributed by atoms with E-state index in [4.69, 9.17) is 0 Å². The van der Waals surface area contributed by atoms with Crippen molar-refractivity contribution in [1.29, 1.82) is 0 Å². The van der Waals surface area contributed by atoms with Crippen LogP contribution in [0.4, 0.5) is 0 Å². The minimum atomic E-state index is 0.425. The highest BCUT2D eigenvalue weighted by molar-refractivity contribution is 5.76. The maximum Gasteiger partial charge on any atom is 0.222 e. The van der Waals surface area contributed by atoms with Crippen LogP contribution in [-0.2, 0) is 4.79 Å². The van der Waals surface area contributed by atoms with Gasteiger partial charge in [-0.15, -0.1) is 0 Å². The molecular formula is C12H20N2O. The van der Waals surface area contributed by atoms with Gasteiger partial charge in [-0.1, -0.05) is 6.42 Å². The molecule has 0 aromatic rings. The van der Waals surface area contributed by atoms with E-state index >= 15 is 0 Å². The zero-order chi connectivity index (χ0) is 10.3. The zero-order valence-corrected chi connectivity index (χ0v) is 9.24. The van der Waals surface area contributed by atoms with Crippen molar-refractivity contribution in [1.82, 2.24) is 10.2 Å². The third kappa shape index (κ3) is 1.78. The van der Waals surface area contributed by atoms with E-state index in [0.717, 1.165) is 50.4 Å². The fourth-order valence-corrected chi connectivity index (χ4v) is 3.13. The lowest BCUT2D eigenvalue weighted by Crippen LogP contribution is -2.33. The van der Waals surface area contributed by atoms with Gasteiger partial charge in [0, 0.05) is 32.6 Å². The maximum atomic E-state index is 12.0. The molecule has 2 saturated heterocycles. The summed E-state index contributed by atoms with van der Waals surface area (Å²) in [6.07, 6.45) is 4.74. The average Bonchev–Trinajstić information content (AvgIpc) is 2.69. The van der Waals surface area contributed by atoms with Crippen molar-refractivity contribution < 1.29 is 4.79 Å². The van der Waals surface area contributed by atoms with Gasteiger partial charge >= 0.3 is 0 Å². The summed E-state index contributed by atoms with van der Waals surface area (Å²) in [7, 11) is 0. The molecule has 1 N–H and O–H groups in total. The van der Waals surface area contributed by atoms with Crippen LogP contribution in [0.25, 0.3) is 0 Å². The van der Waals surface area contributed by atoms with Gasteiger partial charge < -0.3 is 10.2 Å². The lowest BCUT2D eigenvalue weighted by atomic mass is 9.83. The second-order valence-electron chi connectivity index (χ2n) is 5.48. The first kappa shape index (κ1) is 9.64. The fourth-order valence-electron chi connectivity index (χ4n) is 3.13. The molecule has 2 atom stereocenters. The van der Waals surface area contributed by atoms with E-state index in [-0.39, 0.29) is 0 Å². The molecule has 2 heterocycles. The molecule has 3 heteroatoms. The Labute approximate surface area is 91.2 Å². The van der Waals surface area contributed by atoms with E-state index in [2.05, 4.69) is 10.2 Å². The highest BCUT2D eigenvalue weighted by Gasteiger charge is 2.38. The zero-order valence-electron chi connectivity index (χ0n) is 9.24. The van der Waals surface area contributed by atoms with Gasteiger partial charge in [-0.05, 0) is 30.6 Å². The Morgan fingerprint density at radius 3 is 2.40 bits per heavy atom. The summed E-state index contributed by atoms with van der Waals surface area (Å²) in [5, 5.41) is 3.41. The van der Waals surface area contributed by atoms with Crippen LogP contribution < -0.4 is 5.32 Å². The van der Waals surface area contributed by atoms with Crippen LogP contribution in [0.15, 0.2) is 0 Å². The molecule has 0 spiro atoms. The summed E-state index contributed by atoms with van der Waals surface area (Å²) in [4.78, 5) is 14.1. The highest BCUT2D eigenvalue weighted by Crippen LogP contribution is 2.32. The molecule has 3 rings (SSSR count). The molecule has 84 valence electrons. The van der Waals surface area contributed by atoms with E-state index in [0.29, 0.717) is 5.91 Å². The number of rotatable bonds is 2. The predicted octanol–water partition coefficient (Wildman–Crippen LogP) is 0.854. The van der Waals surface area contributed by atoms with Crippen molar-refractivity contribution in [2.75, 3.05) is 26.2 Å². The minimum Gasteiger partial charge on any atom is -0.342 e. The molecule has 2 aliphatic heterocycles. The average molecular weight is 208 g/mol. The number of nitrogens with zero attached hydrogens (tertiary/aromatic N) is 1. The van der Waals surface area contributed by atoms with Crippen molar-refractivity contribution in [2.45, 2.75) is 25.7 Å². The molecule has 3 nitrogen and oxygen atoms in total. The van der Waals surface area contributed by atoms with Gasteiger partial charge in [0.2, 0.25) is 5.91 Å². The summed E-state index contributed by atoms with van der Waals surface area (Å²) in [5.74, 6) is 2.64. The van der Waals surface area contributed by atoms with Crippen LogP contribution in [0.5, 0.6) is 0 Å². The molecule has 1 aliphatic carbocycles. The Balaban J connectivity index is 1.52. The lowest BCUT2D eigenvalue weighted by molar-refractivity contribution is -0.132. The number of fused-ring (bicyclic) bond motifs is 1. The van der Waals surface area contributed by atoms with Gasteiger partial charge in [0.25, 0.3) is 0 Å². The first-order valence-corrected chi connectivity index (χ1v) is 6.31. The van der Waals surface area contributed by atoms with Crippen LogP contribution >= 0.6 is 0 Å². The van der Waals surface area contributed by atoms with Crippen molar-refractivity contribution in [3.8, 4) is 0 Å². The smallest absolute Gasteiger partial charge is 0.222 e. The Bertz CT molecular complexity index is 250. The monoisotopic (exact) mass is 208 g/mol. The molecule has 1 amide bonds. The second kappa shape index (κ2) is 3.78. The molecule has 0 radical (unpaired) electrons. The van der Waals surface area contributed by atoms with Crippen LogP contribution in [0.3, 0.4) is 0 Å². The van der Waals surface area contributed by atoms with Gasteiger partial charge in [-0.2, -0.15) is 0 Å². The maximum absolute atomic E-state index is 12.0. The Hall–Kier alpha value is -0.570. The predicted molar refractivity (Wildman–Crippen MR) is 58.4 cm³/mol. The first-order chi connectivity index (χ1) is 7.33. The fraction of sp³-hybridized carbons (Fsp3) is 0.917. The molecule has 1 saturated carbocycles. The van der Waals surface area contributed by atoms with E-state index in [1.54, 1.807) is 0 Å². The van der Waals surface area contributed by atoms with E-state index in [1.165, 1.54) is 19.3 Å². The third-order valence-corrected chi connectivity index (χ3v) is 4.43. The van der Waals surface area contributed by atoms with Gasteiger partial charge in [0.15, 0.2) is 0 Å². The van der Waals surface area contributed by atoms with E-state index < -0.39 is 0 Å². The number of carbonyl (C=O) groups is 1. The summed E-state index contributed by atoms with van der Waals surface area (Å²) in [6.45, 7) is 4.28. The highest BCUT2D eigenvalue weighted by atomic mass is 16.2. The Morgan fingerprint density at radius 2 is 1.87 bits per heavy atom. The second-order valence-corrected chi connectivity index (χ2v) is 5.48. The molecular weight excluding hydrogens is 188 g/mol. The number of hydrogen-bond donors (Lipinski definition) is 1. The normalized spacial score (nSPS) is 35.3. The number of likely N-dealkylation sites (tertiary alicyclic amines) is 1. The van der Waals surface area contributed by atoms with Crippen molar-refractivity contribution >= 4 is 5.91 Å². The van der Waals surface area contributed by atoms with Crippen LogP contribution in [0.1, 0.15) is 25.7 Å². The van der Waals surface area contributed by atoms with Gasteiger partial charge in [-0.3, -0.25) is 4.79 Å². The minimum absolute atomic E-state index is 0.425.